The third-order valence-corrected chi connectivity index (χ3v) is 9.74. The summed E-state index contributed by atoms with van der Waals surface area (Å²) in [5, 5.41) is 20.2. The van der Waals surface area contributed by atoms with Gasteiger partial charge in [-0.15, -0.1) is 0 Å². The molecule has 32 heavy (non-hydrogen) atoms. The van der Waals surface area contributed by atoms with Gasteiger partial charge in [0.05, 0.1) is 6.10 Å². The van der Waals surface area contributed by atoms with Gasteiger partial charge >= 0.3 is 5.97 Å². The minimum atomic E-state index is -0.660. The number of carboxylic acids is 1. The van der Waals surface area contributed by atoms with Gasteiger partial charge in [0, 0.05) is 6.42 Å². The van der Waals surface area contributed by atoms with E-state index in [9.17, 15) is 9.90 Å². The topological polar surface area (TPSA) is 57.5 Å². The van der Waals surface area contributed by atoms with Crippen LogP contribution in [0.3, 0.4) is 0 Å². The van der Waals surface area contributed by atoms with E-state index in [1.165, 1.54) is 51.4 Å². The quantitative estimate of drug-likeness (QED) is 0.450. The van der Waals surface area contributed by atoms with E-state index >= 15 is 0 Å². The van der Waals surface area contributed by atoms with E-state index in [1.54, 1.807) is 0 Å². The Morgan fingerprint density at radius 2 is 1.47 bits per heavy atom. The molecule has 4 rings (SSSR count). The number of hydrogen-bond acceptors (Lipinski definition) is 2. The molecule has 0 aliphatic heterocycles. The van der Waals surface area contributed by atoms with Crippen LogP contribution in [0, 0.1) is 40.4 Å². The maximum absolute atomic E-state index is 11.2. The maximum atomic E-state index is 11.2. The number of aliphatic hydroxyl groups is 1. The Kier molecular flexibility index (Phi) is 12.3. The minimum absolute atomic E-state index is 0.0985. The van der Waals surface area contributed by atoms with Crippen LogP contribution in [0.25, 0.3) is 0 Å². The summed E-state index contributed by atoms with van der Waals surface area (Å²) in [4.78, 5) is 10.9. The predicted molar refractivity (Wildman–Crippen MR) is 137 cm³/mol. The van der Waals surface area contributed by atoms with Crippen molar-refractivity contribution in [3.63, 3.8) is 0 Å². The average molecular weight is 453 g/mol. The van der Waals surface area contributed by atoms with Crippen molar-refractivity contribution in [3.8, 4) is 0 Å². The monoisotopic (exact) mass is 452 g/mol. The van der Waals surface area contributed by atoms with Crippen LogP contribution in [-0.2, 0) is 4.79 Å². The van der Waals surface area contributed by atoms with E-state index < -0.39 is 5.97 Å². The molecule has 0 aromatic rings. The van der Waals surface area contributed by atoms with Crippen LogP contribution in [0.4, 0.5) is 0 Å². The van der Waals surface area contributed by atoms with Crippen molar-refractivity contribution in [1.29, 1.82) is 0 Å². The molecule has 0 aromatic carbocycles. The number of aliphatic hydroxyl groups excluding tert-OH is 1. The van der Waals surface area contributed by atoms with Crippen LogP contribution < -0.4 is 0 Å². The molecule has 190 valence electrons. The Hall–Kier alpha value is -0.570. The maximum Gasteiger partial charge on any atom is 0.303 e. The molecule has 0 spiro atoms. The van der Waals surface area contributed by atoms with Gasteiger partial charge in [0.2, 0.25) is 0 Å². The van der Waals surface area contributed by atoms with Crippen molar-refractivity contribution in [2.75, 3.05) is 0 Å². The first-order valence-electron chi connectivity index (χ1n) is 14.3. The highest BCUT2D eigenvalue weighted by molar-refractivity contribution is 5.66. The lowest BCUT2D eigenvalue weighted by Gasteiger charge is -2.62. The molecule has 2 N–H and O–H groups in total. The number of fused-ring (bicyclic) bond motifs is 5. The van der Waals surface area contributed by atoms with Crippen molar-refractivity contribution in [3.05, 3.63) is 0 Å². The Balaban J connectivity index is 0.000000789. The van der Waals surface area contributed by atoms with Crippen molar-refractivity contribution < 1.29 is 15.0 Å². The number of hydrogen-bond donors (Lipinski definition) is 2. The van der Waals surface area contributed by atoms with Gasteiger partial charge in [0.25, 0.3) is 0 Å². The Labute approximate surface area is 200 Å². The fraction of sp³-hybridized carbons (Fsp3) is 0.966. The smallest absolute Gasteiger partial charge is 0.303 e. The van der Waals surface area contributed by atoms with Crippen molar-refractivity contribution in [2.45, 2.75) is 139 Å². The highest BCUT2D eigenvalue weighted by Crippen LogP contribution is 2.67. The van der Waals surface area contributed by atoms with Crippen molar-refractivity contribution in [1.82, 2.24) is 0 Å². The van der Waals surface area contributed by atoms with Gasteiger partial charge in [-0.2, -0.15) is 0 Å². The van der Waals surface area contributed by atoms with Crippen molar-refractivity contribution >= 4 is 5.97 Å². The van der Waals surface area contributed by atoms with Gasteiger partial charge < -0.3 is 10.2 Å². The van der Waals surface area contributed by atoms with Crippen LogP contribution in [0.15, 0.2) is 0 Å². The van der Waals surface area contributed by atoms with Gasteiger partial charge in [0.15, 0.2) is 0 Å². The van der Waals surface area contributed by atoms with Gasteiger partial charge in [0.1, 0.15) is 0 Å². The predicted octanol–water partition coefficient (Wildman–Crippen LogP) is 8.34. The van der Waals surface area contributed by atoms with E-state index in [0.717, 1.165) is 25.2 Å². The molecule has 0 amide bonds. The molecule has 4 saturated carbocycles. The summed E-state index contributed by atoms with van der Waals surface area (Å²) in [6.45, 7) is 17.0. The summed E-state index contributed by atoms with van der Waals surface area (Å²) in [6.07, 6.45) is 13.7. The SMILES string of the molecule is CC.CC.CC.C[C@]12CCC3[C@H](C1CC[C@@H]2CCCC(=O)O)[C@@H](O)C[C@@H]1CCCC[C@]31C. The normalized spacial score (nSPS) is 41.7. The zero-order valence-electron chi connectivity index (χ0n) is 22.8. The summed E-state index contributed by atoms with van der Waals surface area (Å²) in [5.74, 6) is 2.62. The van der Waals surface area contributed by atoms with E-state index in [4.69, 9.17) is 5.11 Å². The first-order valence-corrected chi connectivity index (χ1v) is 14.3. The van der Waals surface area contributed by atoms with Crippen LogP contribution in [-0.4, -0.2) is 22.3 Å². The molecule has 2 unspecified atom stereocenters. The van der Waals surface area contributed by atoms with E-state index in [1.807, 2.05) is 41.5 Å². The van der Waals surface area contributed by atoms with Gasteiger partial charge in [-0.3, -0.25) is 4.79 Å². The molecule has 4 aliphatic carbocycles. The molecule has 3 nitrogen and oxygen atoms in total. The third-order valence-electron chi connectivity index (χ3n) is 9.74. The number of carboxylic acid groups (broad SMARTS) is 1. The molecule has 3 heteroatoms. The second-order valence-electron chi connectivity index (χ2n) is 10.6. The van der Waals surface area contributed by atoms with E-state index in [2.05, 4.69) is 13.8 Å². The van der Waals surface area contributed by atoms with Gasteiger partial charge in [-0.1, -0.05) is 68.2 Å². The second-order valence-corrected chi connectivity index (χ2v) is 10.6. The lowest BCUT2D eigenvalue weighted by molar-refractivity contribution is -0.162. The van der Waals surface area contributed by atoms with Crippen LogP contribution in [0.5, 0.6) is 0 Å². The Bertz CT molecular complexity index is 547. The molecule has 0 radical (unpaired) electrons. The fourth-order valence-electron chi connectivity index (χ4n) is 8.34. The van der Waals surface area contributed by atoms with Crippen LogP contribution >= 0.6 is 0 Å². The molecule has 4 fully saturated rings. The molecule has 0 aromatic heterocycles. The van der Waals surface area contributed by atoms with E-state index in [0.29, 0.717) is 40.9 Å². The first-order chi connectivity index (χ1) is 15.4. The van der Waals surface area contributed by atoms with Crippen LogP contribution in [0.1, 0.15) is 132 Å². The highest BCUT2D eigenvalue weighted by atomic mass is 16.4. The standard InChI is InChI=1S/C23H38O3.3C2H6/c1-22-12-4-3-6-16(22)14-19(24)21-17-10-9-15(7-5-8-20(25)26)23(17,2)13-11-18(21)22;3*1-2/h15-19,21,24H,3-14H2,1-2H3,(H,25,26);3*1-2H3/t15-,16-,17?,18?,19-,21-,22-,23+;;;/m0.../s1. The first kappa shape index (κ1) is 29.5. The van der Waals surface area contributed by atoms with Crippen LogP contribution in [0.2, 0.25) is 0 Å². The zero-order valence-corrected chi connectivity index (χ0v) is 22.8. The molecule has 4 aliphatic rings. The van der Waals surface area contributed by atoms with Crippen molar-refractivity contribution in [2.24, 2.45) is 40.4 Å². The number of carbonyl (C=O) groups is 1. The molecular formula is C29H56O3. The Morgan fingerprint density at radius 3 is 2.09 bits per heavy atom. The molecule has 0 bridgehead atoms. The summed E-state index contributed by atoms with van der Waals surface area (Å²) < 4.78 is 0. The lowest BCUT2D eigenvalue weighted by atomic mass is 9.44. The lowest BCUT2D eigenvalue weighted by Crippen LogP contribution is -2.57. The van der Waals surface area contributed by atoms with Gasteiger partial charge in [-0.05, 0) is 98.2 Å². The second kappa shape index (κ2) is 13.4. The molecule has 0 saturated heterocycles. The summed E-state index contributed by atoms with van der Waals surface area (Å²) >= 11 is 0. The number of rotatable bonds is 4. The highest BCUT2D eigenvalue weighted by Gasteiger charge is 2.61. The Morgan fingerprint density at radius 1 is 0.844 bits per heavy atom. The summed E-state index contributed by atoms with van der Waals surface area (Å²) in [5.41, 5.74) is 0.795. The van der Waals surface area contributed by atoms with Gasteiger partial charge in [-0.25, -0.2) is 0 Å². The third kappa shape index (κ3) is 5.73. The molecule has 0 heterocycles. The number of aliphatic carboxylic acids is 1. The average Bonchev–Trinajstić information content (AvgIpc) is 3.14. The fourth-order valence-corrected chi connectivity index (χ4v) is 8.34. The zero-order chi connectivity index (χ0) is 24.5. The summed E-state index contributed by atoms with van der Waals surface area (Å²) in [6, 6.07) is 0. The largest absolute Gasteiger partial charge is 0.481 e. The molecular weight excluding hydrogens is 396 g/mol. The minimum Gasteiger partial charge on any atom is -0.481 e. The summed E-state index contributed by atoms with van der Waals surface area (Å²) in [7, 11) is 0. The van der Waals surface area contributed by atoms with E-state index in [-0.39, 0.29) is 6.10 Å². The molecule has 8 atom stereocenters.